The van der Waals surface area contributed by atoms with Crippen molar-refractivity contribution in [3.05, 3.63) is 83.9 Å². The van der Waals surface area contributed by atoms with E-state index in [4.69, 9.17) is 9.15 Å². The van der Waals surface area contributed by atoms with Gasteiger partial charge < -0.3 is 9.15 Å². The highest BCUT2D eigenvalue weighted by molar-refractivity contribution is 5.91. The summed E-state index contributed by atoms with van der Waals surface area (Å²) in [6.07, 6.45) is 1.74. The Kier molecular flexibility index (Phi) is 4.49. The molecule has 0 bridgehead atoms. The van der Waals surface area contributed by atoms with E-state index in [9.17, 15) is 4.79 Å². The number of aromatic nitrogens is 1. The zero-order chi connectivity index (χ0) is 18.6. The Morgan fingerprint density at radius 3 is 2.63 bits per heavy atom. The van der Waals surface area contributed by atoms with E-state index in [1.165, 1.54) is 7.11 Å². The van der Waals surface area contributed by atoms with E-state index in [0.29, 0.717) is 11.5 Å². The minimum Gasteiger partial charge on any atom is -0.465 e. The Morgan fingerprint density at radius 1 is 1.04 bits per heavy atom. The fourth-order valence-corrected chi connectivity index (χ4v) is 2.69. The molecule has 0 radical (unpaired) electrons. The number of hydrogen-bond acceptors (Lipinski definition) is 5. The maximum absolute atomic E-state index is 11.5. The first kappa shape index (κ1) is 16.7. The number of benzene rings is 3. The van der Waals surface area contributed by atoms with E-state index in [1.807, 2.05) is 60.7 Å². The van der Waals surface area contributed by atoms with Gasteiger partial charge in [0.25, 0.3) is 0 Å². The van der Waals surface area contributed by atoms with Crippen molar-refractivity contribution in [2.45, 2.75) is 0 Å². The number of hydrogen-bond donors (Lipinski definition) is 0. The van der Waals surface area contributed by atoms with E-state index < -0.39 is 0 Å². The number of esters is 1. The predicted molar refractivity (Wildman–Crippen MR) is 104 cm³/mol. The number of fused-ring (bicyclic) bond motifs is 1. The molecule has 0 saturated carbocycles. The third-order valence-corrected chi connectivity index (χ3v) is 4.08. The first-order valence-electron chi connectivity index (χ1n) is 8.41. The zero-order valence-corrected chi connectivity index (χ0v) is 14.6. The van der Waals surface area contributed by atoms with Gasteiger partial charge in [0.05, 0.1) is 18.4 Å². The maximum atomic E-state index is 11.5. The summed E-state index contributed by atoms with van der Waals surface area (Å²) in [6, 6.07) is 22.4. The molecular weight excluding hydrogens is 340 g/mol. The van der Waals surface area contributed by atoms with Gasteiger partial charge in [-0.15, -0.1) is 0 Å². The van der Waals surface area contributed by atoms with Gasteiger partial charge in [-0.3, -0.25) is 4.99 Å². The average Bonchev–Trinajstić information content (AvgIpc) is 3.17. The minimum atomic E-state index is -0.357. The zero-order valence-electron chi connectivity index (χ0n) is 14.6. The van der Waals surface area contributed by atoms with Gasteiger partial charge in [0, 0.05) is 11.8 Å². The number of aliphatic imine (C=N–C) groups is 1. The lowest BCUT2D eigenvalue weighted by Crippen LogP contribution is -2.00. The lowest BCUT2D eigenvalue weighted by atomic mass is 10.1. The second-order valence-electron chi connectivity index (χ2n) is 5.91. The minimum absolute atomic E-state index is 0.357. The highest BCUT2D eigenvalue weighted by Crippen LogP contribution is 2.26. The van der Waals surface area contributed by atoms with Crippen LogP contribution in [-0.2, 0) is 4.74 Å². The number of carbonyl (C=O) groups excluding carboxylic acids is 1. The van der Waals surface area contributed by atoms with Gasteiger partial charge in [-0.1, -0.05) is 30.3 Å². The van der Waals surface area contributed by atoms with Crippen molar-refractivity contribution >= 4 is 29.0 Å². The number of carbonyl (C=O) groups is 1. The van der Waals surface area contributed by atoms with Crippen LogP contribution >= 0.6 is 0 Å². The molecule has 0 aliphatic rings. The van der Waals surface area contributed by atoms with Gasteiger partial charge in [0.15, 0.2) is 5.58 Å². The first-order valence-corrected chi connectivity index (χ1v) is 8.41. The fourth-order valence-electron chi connectivity index (χ4n) is 2.69. The molecule has 0 fully saturated rings. The van der Waals surface area contributed by atoms with Crippen LogP contribution in [0.25, 0.3) is 22.6 Å². The third kappa shape index (κ3) is 3.62. The molecule has 132 valence electrons. The highest BCUT2D eigenvalue weighted by atomic mass is 16.5. The van der Waals surface area contributed by atoms with Gasteiger partial charge >= 0.3 is 5.97 Å². The molecule has 0 saturated heterocycles. The molecule has 4 aromatic rings. The van der Waals surface area contributed by atoms with Crippen LogP contribution in [0.4, 0.5) is 5.69 Å². The van der Waals surface area contributed by atoms with E-state index in [0.717, 1.165) is 27.9 Å². The molecule has 4 rings (SSSR count). The summed E-state index contributed by atoms with van der Waals surface area (Å²) in [6.45, 7) is 0. The Morgan fingerprint density at radius 2 is 1.85 bits per heavy atom. The lowest BCUT2D eigenvalue weighted by Gasteiger charge is -2.00. The van der Waals surface area contributed by atoms with Crippen LogP contribution in [0.5, 0.6) is 0 Å². The van der Waals surface area contributed by atoms with Gasteiger partial charge in [-0.05, 0) is 48.0 Å². The topological polar surface area (TPSA) is 64.7 Å². The van der Waals surface area contributed by atoms with E-state index in [-0.39, 0.29) is 5.97 Å². The van der Waals surface area contributed by atoms with Crippen LogP contribution < -0.4 is 0 Å². The van der Waals surface area contributed by atoms with Crippen LogP contribution in [0, 0.1) is 0 Å². The number of oxazole rings is 1. The van der Waals surface area contributed by atoms with Crippen LogP contribution in [0.1, 0.15) is 15.9 Å². The molecule has 5 heteroatoms. The van der Waals surface area contributed by atoms with Gasteiger partial charge in [-0.2, -0.15) is 0 Å². The van der Waals surface area contributed by atoms with Crippen LogP contribution in [0.15, 0.2) is 82.2 Å². The molecule has 27 heavy (non-hydrogen) atoms. The first-order chi connectivity index (χ1) is 13.2. The number of para-hydroxylation sites is 2. The molecule has 3 aromatic carbocycles. The highest BCUT2D eigenvalue weighted by Gasteiger charge is 2.08. The standard InChI is InChI=1S/C22H16N2O3/c1-26-22(25)16-11-9-15(10-12-16)14-23-18-6-4-5-17(13-18)21-24-19-7-2-3-8-20(19)27-21/h2-14H,1H3. The summed E-state index contributed by atoms with van der Waals surface area (Å²) in [5.74, 6) is 0.209. The van der Waals surface area contributed by atoms with Crippen molar-refractivity contribution in [3.63, 3.8) is 0 Å². The van der Waals surface area contributed by atoms with Crippen molar-refractivity contribution in [2.24, 2.45) is 4.99 Å². The van der Waals surface area contributed by atoms with Crippen LogP contribution in [0.3, 0.4) is 0 Å². The largest absolute Gasteiger partial charge is 0.465 e. The van der Waals surface area contributed by atoms with E-state index in [2.05, 4.69) is 9.98 Å². The number of ether oxygens (including phenoxy) is 1. The van der Waals surface area contributed by atoms with Gasteiger partial charge in [0.2, 0.25) is 5.89 Å². The van der Waals surface area contributed by atoms with Crippen LogP contribution in [-0.4, -0.2) is 24.3 Å². The van der Waals surface area contributed by atoms with E-state index in [1.54, 1.807) is 18.3 Å². The van der Waals surface area contributed by atoms with Crippen molar-refractivity contribution < 1.29 is 13.9 Å². The molecule has 0 aliphatic carbocycles. The molecule has 0 amide bonds. The SMILES string of the molecule is COC(=O)c1ccc(C=Nc2cccc(-c3nc4ccccc4o3)c2)cc1. The quantitative estimate of drug-likeness (QED) is 0.380. The Balaban J connectivity index is 1.57. The summed E-state index contributed by atoms with van der Waals surface area (Å²) in [4.78, 5) is 20.5. The smallest absolute Gasteiger partial charge is 0.337 e. The second-order valence-corrected chi connectivity index (χ2v) is 5.91. The molecule has 0 spiro atoms. The number of nitrogens with zero attached hydrogens (tertiary/aromatic N) is 2. The predicted octanol–water partition coefficient (Wildman–Crippen LogP) is 5.03. The summed E-state index contributed by atoms with van der Waals surface area (Å²) in [7, 11) is 1.36. The molecule has 1 heterocycles. The van der Waals surface area contributed by atoms with Crippen molar-refractivity contribution in [3.8, 4) is 11.5 Å². The second kappa shape index (κ2) is 7.25. The molecule has 0 unspecified atom stereocenters. The fraction of sp³-hybridized carbons (Fsp3) is 0.0455. The van der Waals surface area contributed by atoms with E-state index >= 15 is 0 Å². The number of methoxy groups -OCH3 is 1. The van der Waals surface area contributed by atoms with Crippen molar-refractivity contribution in [1.82, 2.24) is 4.98 Å². The Hall–Kier alpha value is -3.73. The molecular formula is C22H16N2O3. The Labute approximate surface area is 156 Å². The normalized spacial score (nSPS) is 11.1. The monoisotopic (exact) mass is 356 g/mol. The lowest BCUT2D eigenvalue weighted by molar-refractivity contribution is 0.0600. The molecule has 1 aromatic heterocycles. The molecule has 0 aliphatic heterocycles. The average molecular weight is 356 g/mol. The molecule has 5 nitrogen and oxygen atoms in total. The maximum Gasteiger partial charge on any atom is 0.337 e. The molecule has 0 atom stereocenters. The van der Waals surface area contributed by atoms with Crippen molar-refractivity contribution in [2.75, 3.05) is 7.11 Å². The summed E-state index contributed by atoms with van der Waals surface area (Å²) in [5.41, 5.74) is 4.62. The third-order valence-electron chi connectivity index (χ3n) is 4.08. The Bertz CT molecular complexity index is 1090. The molecule has 0 N–H and O–H groups in total. The van der Waals surface area contributed by atoms with Gasteiger partial charge in [0.1, 0.15) is 5.52 Å². The van der Waals surface area contributed by atoms with Crippen molar-refractivity contribution in [1.29, 1.82) is 0 Å². The van der Waals surface area contributed by atoms with Crippen LogP contribution in [0.2, 0.25) is 0 Å². The van der Waals surface area contributed by atoms with Gasteiger partial charge in [-0.25, -0.2) is 9.78 Å². The summed E-state index contributed by atoms with van der Waals surface area (Å²) < 4.78 is 10.5. The summed E-state index contributed by atoms with van der Waals surface area (Å²) in [5, 5.41) is 0. The number of rotatable bonds is 4. The summed E-state index contributed by atoms with van der Waals surface area (Å²) >= 11 is 0.